The van der Waals surface area contributed by atoms with Crippen molar-refractivity contribution >= 4 is 34.2 Å². The summed E-state index contributed by atoms with van der Waals surface area (Å²) in [5.41, 5.74) is 0.748. The molecule has 1 aromatic carbocycles. The van der Waals surface area contributed by atoms with Crippen LogP contribution >= 0.6 is 28.3 Å². The summed E-state index contributed by atoms with van der Waals surface area (Å²) >= 11 is 3.36. The maximum Gasteiger partial charge on any atom is 0.253 e. The van der Waals surface area contributed by atoms with Gasteiger partial charge >= 0.3 is 0 Å². The predicted octanol–water partition coefficient (Wildman–Crippen LogP) is 2.30. The number of carbonyl (C=O) groups excluding carboxylic acids is 1. The molecular weight excluding hydrogens is 304 g/mol. The van der Waals surface area contributed by atoms with Gasteiger partial charge < -0.3 is 10.2 Å². The van der Waals surface area contributed by atoms with Gasteiger partial charge in [-0.3, -0.25) is 4.79 Å². The molecule has 1 aliphatic rings. The van der Waals surface area contributed by atoms with Crippen LogP contribution in [0.25, 0.3) is 0 Å². The van der Waals surface area contributed by atoms with E-state index in [1.165, 1.54) is 0 Å². The Morgan fingerprint density at radius 1 is 1.41 bits per heavy atom. The quantitative estimate of drug-likeness (QED) is 0.907. The van der Waals surface area contributed by atoms with Crippen molar-refractivity contribution in [3.63, 3.8) is 0 Å². The fourth-order valence-electron chi connectivity index (χ4n) is 1.93. The molecule has 1 aliphatic heterocycles. The van der Waals surface area contributed by atoms with Crippen molar-refractivity contribution in [2.24, 2.45) is 0 Å². The van der Waals surface area contributed by atoms with Gasteiger partial charge in [0, 0.05) is 29.7 Å². The Kier molecular flexibility index (Phi) is 5.43. The predicted molar refractivity (Wildman–Crippen MR) is 74.8 cm³/mol. The van der Waals surface area contributed by atoms with Crippen molar-refractivity contribution < 1.29 is 4.79 Å². The smallest absolute Gasteiger partial charge is 0.253 e. The number of rotatable bonds is 2. The summed E-state index contributed by atoms with van der Waals surface area (Å²) in [6.45, 7) is 1.90. The average Bonchev–Trinajstić information content (AvgIpc) is 2.81. The molecule has 0 saturated carbocycles. The standard InChI is InChI=1S/C12H15BrN2O.ClH/c1-15(11-6-7-14-8-11)12(16)9-2-4-10(13)5-3-9;/h2-5,11,14H,6-8H2,1H3;1H/t11-;/m0./s1. The van der Waals surface area contributed by atoms with Crippen LogP contribution in [0.15, 0.2) is 28.7 Å². The third-order valence-corrected chi connectivity index (χ3v) is 3.52. The summed E-state index contributed by atoms with van der Waals surface area (Å²) in [5.74, 6) is 0.0983. The number of nitrogens with one attached hydrogen (secondary N) is 1. The molecule has 1 N–H and O–H groups in total. The van der Waals surface area contributed by atoms with Crippen molar-refractivity contribution in [2.75, 3.05) is 20.1 Å². The Bertz CT molecular complexity index is 377. The summed E-state index contributed by atoms with van der Waals surface area (Å²) in [7, 11) is 1.88. The van der Waals surface area contributed by atoms with Crippen LogP contribution in [0.5, 0.6) is 0 Å². The summed E-state index contributed by atoms with van der Waals surface area (Å²) in [5, 5.41) is 3.27. The molecule has 0 aromatic heterocycles. The highest BCUT2D eigenvalue weighted by Gasteiger charge is 2.23. The molecule has 94 valence electrons. The minimum Gasteiger partial charge on any atom is -0.337 e. The third kappa shape index (κ3) is 3.44. The molecule has 1 aromatic rings. The maximum absolute atomic E-state index is 12.1. The number of hydrogen-bond donors (Lipinski definition) is 1. The number of likely N-dealkylation sites (N-methyl/N-ethyl adjacent to an activating group) is 1. The van der Waals surface area contributed by atoms with Gasteiger partial charge in [-0.05, 0) is 37.2 Å². The summed E-state index contributed by atoms with van der Waals surface area (Å²) in [6, 6.07) is 7.83. The van der Waals surface area contributed by atoms with Crippen molar-refractivity contribution in [1.29, 1.82) is 0 Å². The molecule has 0 spiro atoms. The van der Waals surface area contributed by atoms with Crippen LogP contribution in [0.1, 0.15) is 16.8 Å². The van der Waals surface area contributed by atoms with Crippen LogP contribution in [-0.2, 0) is 0 Å². The van der Waals surface area contributed by atoms with E-state index in [1.54, 1.807) is 0 Å². The van der Waals surface area contributed by atoms with E-state index >= 15 is 0 Å². The SMILES string of the molecule is CN(C(=O)c1ccc(Br)cc1)[C@H]1CCNC1.Cl. The van der Waals surface area contributed by atoms with E-state index in [-0.39, 0.29) is 18.3 Å². The van der Waals surface area contributed by atoms with Crippen molar-refractivity contribution in [3.8, 4) is 0 Å². The second kappa shape index (κ2) is 6.38. The summed E-state index contributed by atoms with van der Waals surface area (Å²) in [4.78, 5) is 14.0. The topological polar surface area (TPSA) is 32.3 Å². The summed E-state index contributed by atoms with van der Waals surface area (Å²) < 4.78 is 0.995. The average molecular weight is 320 g/mol. The van der Waals surface area contributed by atoms with Crippen molar-refractivity contribution in [2.45, 2.75) is 12.5 Å². The van der Waals surface area contributed by atoms with E-state index in [2.05, 4.69) is 21.2 Å². The highest BCUT2D eigenvalue weighted by atomic mass is 79.9. The lowest BCUT2D eigenvalue weighted by Crippen LogP contribution is -2.38. The van der Waals surface area contributed by atoms with Gasteiger partial charge in [0.1, 0.15) is 0 Å². The largest absolute Gasteiger partial charge is 0.337 e. The zero-order valence-electron chi connectivity index (χ0n) is 9.65. The van der Waals surface area contributed by atoms with Gasteiger partial charge in [0.15, 0.2) is 0 Å². The van der Waals surface area contributed by atoms with Crippen molar-refractivity contribution in [1.82, 2.24) is 10.2 Å². The number of hydrogen-bond acceptors (Lipinski definition) is 2. The molecule has 1 fully saturated rings. The summed E-state index contributed by atoms with van der Waals surface area (Å²) in [6.07, 6.45) is 1.04. The van der Waals surface area contributed by atoms with E-state index < -0.39 is 0 Å². The molecular formula is C12H16BrClN2O. The first-order valence-corrected chi connectivity index (χ1v) is 6.21. The molecule has 5 heteroatoms. The monoisotopic (exact) mass is 318 g/mol. The highest BCUT2D eigenvalue weighted by Crippen LogP contribution is 2.14. The number of nitrogens with zero attached hydrogens (tertiary/aromatic N) is 1. The Labute approximate surface area is 116 Å². The van der Waals surface area contributed by atoms with Gasteiger partial charge in [0.25, 0.3) is 5.91 Å². The molecule has 0 radical (unpaired) electrons. The molecule has 1 amide bonds. The van der Waals surface area contributed by atoms with Gasteiger partial charge in [0.2, 0.25) is 0 Å². The number of halogens is 2. The molecule has 0 unspecified atom stereocenters. The fourth-order valence-corrected chi connectivity index (χ4v) is 2.20. The fraction of sp³-hybridized carbons (Fsp3) is 0.417. The van der Waals surface area contributed by atoms with E-state index in [0.717, 1.165) is 29.5 Å². The molecule has 0 aliphatic carbocycles. The first-order chi connectivity index (χ1) is 7.68. The van der Waals surface area contributed by atoms with Crippen LogP contribution < -0.4 is 5.32 Å². The van der Waals surface area contributed by atoms with Crippen LogP contribution in [-0.4, -0.2) is 37.0 Å². The lowest BCUT2D eigenvalue weighted by molar-refractivity contribution is 0.0744. The third-order valence-electron chi connectivity index (χ3n) is 2.99. The molecule has 1 heterocycles. The van der Waals surface area contributed by atoms with E-state index in [1.807, 2.05) is 36.2 Å². The molecule has 2 rings (SSSR count). The van der Waals surface area contributed by atoms with Gasteiger partial charge in [-0.25, -0.2) is 0 Å². The highest BCUT2D eigenvalue weighted by molar-refractivity contribution is 9.10. The Hall–Kier alpha value is -0.580. The molecule has 3 nitrogen and oxygen atoms in total. The van der Waals surface area contributed by atoms with E-state index in [0.29, 0.717) is 6.04 Å². The maximum atomic E-state index is 12.1. The number of amides is 1. The van der Waals surface area contributed by atoms with E-state index in [9.17, 15) is 4.79 Å². The van der Waals surface area contributed by atoms with Crippen LogP contribution in [0.2, 0.25) is 0 Å². The minimum absolute atomic E-state index is 0. The Morgan fingerprint density at radius 3 is 2.59 bits per heavy atom. The Balaban J connectivity index is 0.00000144. The van der Waals surface area contributed by atoms with E-state index in [4.69, 9.17) is 0 Å². The first kappa shape index (κ1) is 14.5. The van der Waals surface area contributed by atoms with Gasteiger partial charge in [-0.15, -0.1) is 12.4 Å². The number of carbonyl (C=O) groups is 1. The van der Waals surface area contributed by atoms with Gasteiger partial charge in [0.05, 0.1) is 0 Å². The zero-order chi connectivity index (χ0) is 11.5. The molecule has 17 heavy (non-hydrogen) atoms. The lowest BCUT2D eigenvalue weighted by atomic mass is 10.1. The van der Waals surface area contributed by atoms with Crippen LogP contribution in [0, 0.1) is 0 Å². The molecule has 1 atom stereocenters. The van der Waals surface area contributed by atoms with Crippen molar-refractivity contribution in [3.05, 3.63) is 34.3 Å². The van der Waals surface area contributed by atoms with Crippen LogP contribution in [0.4, 0.5) is 0 Å². The second-order valence-electron chi connectivity index (χ2n) is 4.07. The first-order valence-electron chi connectivity index (χ1n) is 5.42. The normalized spacial score (nSPS) is 18.6. The molecule has 1 saturated heterocycles. The van der Waals surface area contributed by atoms with Crippen LogP contribution in [0.3, 0.4) is 0 Å². The zero-order valence-corrected chi connectivity index (χ0v) is 12.1. The van der Waals surface area contributed by atoms with Gasteiger partial charge in [-0.1, -0.05) is 15.9 Å². The Morgan fingerprint density at radius 2 is 2.06 bits per heavy atom. The minimum atomic E-state index is 0. The molecule has 0 bridgehead atoms. The number of benzene rings is 1. The lowest BCUT2D eigenvalue weighted by Gasteiger charge is -2.23. The van der Waals surface area contributed by atoms with Gasteiger partial charge in [-0.2, -0.15) is 0 Å². The second-order valence-corrected chi connectivity index (χ2v) is 4.99.